The highest BCUT2D eigenvalue weighted by Crippen LogP contribution is 2.42. The fourth-order valence-corrected chi connectivity index (χ4v) is 5.35. The lowest BCUT2D eigenvalue weighted by Crippen LogP contribution is -2.49. The number of benzene rings is 1. The van der Waals surface area contributed by atoms with Crippen LogP contribution in [0.25, 0.3) is 0 Å². The molecule has 1 aliphatic carbocycles. The van der Waals surface area contributed by atoms with E-state index in [9.17, 15) is 4.79 Å². The summed E-state index contributed by atoms with van der Waals surface area (Å²) >= 11 is 0. The maximum absolute atomic E-state index is 12.3. The average molecular weight is 312 g/mol. The van der Waals surface area contributed by atoms with Crippen molar-refractivity contribution in [3.63, 3.8) is 0 Å². The van der Waals surface area contributed by atoms with Crippen LogP contribution >= 0.6 is 0 Å². The van der Waals surface area contributed by atoms with Crippen LogP contribution in [0.3, 0.4) is 0 Å². The lowest BCUT2D eigenvalue weighted by Gasteiger charge is -2.47. The van der Waals surface area contributed by atoms with Gasteiger partial charge in [0.1, 0.15) is 0 Å². The Balaban J connectivity index is 1.73. The van der Waals surface area contributed by atoms with E-state index in [4.69, 9.17) is 5.73 Å². The van der Waals surface area contributed by atoms with Crippen molar-refractivity contribution in [2.24, 2.45) is 5.73 Å². The second kappa shape index (κ2) is 5.94. The number of fused-ring (bicyclic) bond motifs is 3. The summed E-state index contributed by atoms with van der Waals surface area (Å²) in [7, 11) is 2.28. The van der Waals surface area contributed by atoms with Crippen molar-refractivity contribution < 1.29 is 4.79 Å². The number of hydrogen-bond acceptors (Lipinski definition) is 2. The molecule has 2 fully saturated rings. The summed E-state index contributed by atoms with van der Waals surface area (Å²) in [5.74, 6) is 0.305. The number of amides is 1. The molecule has 0 unspecified atom stereocenters. The molecule has 2 heterocycles. The zero-order valence-electron chi connectivity index (χ0n) is 14.2. The number of piperidine rings is 2. The van der Waals surface area contributed by atoms with Gasteiger partial charge in [0.05, 0.1) is 0 Å². The van der Waals surface area contributed by atoms with Crippen LogP contribution in [0.4, 0.5) is 0 Å². The van der Waals surface area contributed by atoms with Crippen LogP contribution in [-0.2, 0) is 12.8 Å². The van der Waals surface area contributed by atoms with E-state index in [0.29, 0.717) is 18.0 Å². The molecule has 2 aliphatic heterocycles. The molecule has 3 nitrogen and oxygen atoms in total. The quantitative estimate of drug-likeness (QED) is 0.910. The summed E-state index contributed by atoms with van der Waals surface area (Å²) in [6.07, 6.45) is 10.9. The molecule has 2 N–H and O–H groups in total. The first-order chi connectivity index (χ1) is 11.1. The lowest BCUT2D eigenvalue weighted by molar-refractivity contribution is 0.0552. The fourth-order valence-electron chi connectivity index (χ4n) is 5.35. The topological polar surface area (TPSA) is 46.3 Å². The molecular weight excluding hydrogens is 284 g/mol. The fraction of sp³-hybridized carbons (Fsp3) is 0.650. The number of carbonyl (C=O) groups is 1. The Kier molecular flexibility index (Phi) is 3.92. The Morgan fingerprint density at radius 3 is 2.48 bits per heavy atom. The normalized spacial score (nSPS) is 30.7. The maximum atomic E-state index is 12.3. The van der Waals surface area contributed by atoms with Gasteiger partial charge < -0.3 is 10.6 Å². The number of rotatable bonds is 2. The summed E-state index contributed by atoms with van der Waals surface area (Å²) in [5.41, 5.74) is 10.6. The van der Waals surface area contributed by atoms with Gasteiger partial charge in [0.25, 0.3) is 0 Å². The average Bonchev–Trinajstić information content (AvgIpc) is 2.53. The van der Waals surface area contributed by atoms with Crippen molar-refractivity contribution in [3.05, 3.63) is 34.4 Å². The molecule has 4 rings (SSSR count). The van der Waals surface area contributed by atoms with Gasteiger partial charge in [-0.2, -0.15) is 0 Å². The predicted molar refractivity (Wildman–Crippen MR) is 92.8 cm³/mol. The van der Waals surface area contributed by atoms with Crippen molar-refractivity contribution in [1.29, 1.82) is 0 Å². The number of hydrogen-bond donors (Lipinski definition) is 1. The van der Waals surface area contributed by atoms with E-state index in [1.165, 1.54) is 61.6 Å². The van der Waals surface area contributed by atoms with Crippen LogP contribution < -0.4 is 5.73 Å². The van der Waals surface area contributed by atoms with E-state index in [0.717, 1.165) is 18.4 Å². The SMILES string of the molecule is CN1[C@@H]2CCC[C@H]1C[C@@H](c1ccc3c(c1C(N)=O)CCCC3)C2. The van der Waals surface area contributed by atoms with Crippen LogP contribution in [0.5, 0.6) is 0 Å². The minimum absolute atomic E-state index is 0.206. The van der Waals surface area contributed by atoms with Gasteiger partial charge in [0.15, 0.2) is 0 Å². The Morgan fingerprint density at radius 1 is 1.09 bits per heavy atom. The molecule has 3 aliphatic rings. The van der Waals surface area contributed by atoms with E-state index in [2.05, 4.69) is 24.1 Å². The third-order valence-electron chi connectivity index (χ3n) is 6.59. The Bertz CT molecular complexity index is 610. The molecule has 23 heavy (non-hydrogen) atoms. The summed E-state index contributed by atoms with van der Waals surface area (Å²) in [4.78, 5) is 14.8. The van der Waals surface area contributed by atoms with Crippen molar-refractivity contribution in [3.8, 4) is 0 Å². The molecule has 1 amide bonds. The zero-order chi connectivity index (χ0) is 16.0. The van der Waals surface area contributed by atoms with E-state index >= 15 is 0 Å². The Hall–Kier alpha value is -1.35. The molecule has 3 heteroatoms. The van der Waals surface area contributed by atoms with Gasteiger partial charge in [-0.25, -0.2) is 0 Å². The van der Waals surface area contributed by atoms with E-state index in [1.807, 2.05) is 0 Å². The van der Waals surface area contributed by atoms with E-state index < -0.39 is 0 Å². The number of nitrogens with two attached hydrogens (primary N) is 1. The molecule has 1 aromatic rings. The smallest absolute Gasteiger partial charge is 0.249 e. The monoisotopic (exact) mass is 312 g/mol. The standard InChI is InChI=1S/C20H28N2O/c1-22-15-6-4-7-16(22)12-14(11-15)18-10-9-13-5-2-3-8-17(13)19(18)20(21)23/h9-10,14-16H,2-8,11-12H2,1H3,(H2,21,23)/t14-,15+,16-. The highest BCUT2D eigenvalue weighted by atomic mass is 16.1. The molecule has 1 aromatic carbocycles. The number of carbonyl (C=O) groups excluding carboxylic acids is 1. The van der Waals surface area contributed by atoms with Gasteiger partial charge in [-0.05, 0) is 81.0 Å². The summed E-state index contributed by atoms with van der Waals surface area (Å²) in [6.45, 7) is 0. The second-order valence-electron chi connectivity index (χ2n) is 7.81. The molecule has 2 saturated heterocycles. The lowest BCUT2D eigenvalue weighted by atomic mass is 9.73. The van der Waals surface area contributed by atoms with Gasteiger partial charge in [-0.3, -0.25) is 4.79 Å². The molecule has 0 spiro atoms. The molecule has 124 valence electrons. The van der Waals surface area contributed by atoms with Crippen molar-refractivity contribution in [1.82, 2.24) is 4.90 Å². The highest BCUT2D eigenvalue weighted by Gasteiger charge is 2.38. The van der Waals surface area contributed by atoms with Crippen molar-refractivity contribution >= 4 is 5.91 Å². The van der Waals surface area contributed by atoms with Gasteiger partial charge >= 0.3 is 0 Å². The molecule has 0 aromatic heterocycles. The number of aryl methyl sites for hydroxylation is 1. The van der Waals surface area contributed by atoms with Gasteiger partial charge in [-0.15, -0.1) is 0 Å². The molecule has 2 bridgehead atoms. The second-order valence-corrected chi connectivity index (χ2v) is 7.81. The van der Waals surface area contributed by atoms with Crippen LogP contribution in [-0.4, -0.2) is 29.9 Å². The first-order valence-corrected chi connectivity index (χ1v) is 9.31. The molecule has 0 radical (unpaired) electrons. The number of nitrogens with zero attached hydrogens (tertiary/aromatic N) is 1. The molecular formula is C20H28N2O. The van der Waals surface area contributed by atoms with E-state index in [-0.39, 0.29) is 5.91 Å². The van der Waals surface area contributed by atoms with Gasteiger partial charge in [0.2, 0.25) is 5.91 Å². The summed E-state index contributed by atoms with van der Waals surface area (Å²) in [6, 6.07) is 5.88. The third-order valence-corrected chi connectivity index (χ3v) is 6.59. The minimum atomic E-state index is -0.206. The molecule has 0 saturated carbocycles. The highest BCUT2D eigenvalue weighted by molar-refractivity contribution is 5.96. The van der Waals surface area contributed by atoms with Gasteiger partial charge in [-0.1, -0.05) is 18.6 Å². The van der Waals surface area contributed by atoms with Gasteiger partial charge in [0, 0.05) is 17.6 Å². The van der Waals surface area contributed by atoms with Crippen LogP contribution in [0.2, 0.25) is 0 Å². The maximum Gasteiger partial charge on any atom is 0.249 e. The first-order valence-electron chi connectivity index (χ1n) is 9.31. The predicted octanol–water partition coefficient (Wildman–Crippen LogP) is 3.39. The summed E-state index contributed by atoms with van der Waals surface area (Å²) < 4.78 is 0. The van der Waals surface area contributed by atoms with Crippen molar-refractivity contribution in [2.75, 3.05) is 7.05 Å². The third kappa shape index (κ3) is 2.59. The molecule has 3 atom stereocenters. The Labute approximate surface area is 139 Å². The van der Waals surface area contributed by atoms with Crippen LogP contribution in [0.15, 0.2) is 12.1 Å². The van der Waals surface area contributed by atoms with E-state index in [1.54, 1.807) is 0 Å². The zero-order valence-corrected chi connectivity index (χ0v) is 14.2. The van der Waals surface area contributed by atoms with Crippen molar-refractivity contribution in [2.45, 2.75) is 75.8 Å². The summed E-state index contributed by atoms with van der Waals surface area (Å²) in [5, 5.41) is 0. The van der Waals surface area contributed by atoms with Crippen LogP contribution in [0.1, 0.15) is 77.9 Å². The minimum Gasteiger partial charge on any atom is -0.366 e. The first kappa shape index (κ1) is 15.2. The number of primary amides is 1. The van der Waals surface area contributed by atoms with Crippen LogP contribution in [0, 0.1) is 0 Å². The Morgan fingerprint density at radius 2 is 1.78 bits per heavy atom. The largest absolute Gasteiger partial charge is 0.366 e.